The summed E-state index contributed by atoms with van der Waals surface area (Å²) in [6.45, 7) is 7.20. The minimum atomic E-state index is -0.500. The summed E-state index contributed by atoms with van der Waals surface area (Å²) < 4.78 is 9.92. The number of ether oxygens (including phenoxy) is 2. The lowest BCUT2D eigenvalue weighted by atomic mass is 10.1. The van der Waals surface area contributed by atoms with Gasteiger partial charge in [-0.1, -0.05) is 0 Å². The van der Waals surface area contributed by atoms with Gasteiger partial charge in [-0.15, -0.1) is 0 Å². The molecule has 1 heterocycles. The Hall–Kier alpha value is -1.30. The second-order valence-electron chi connectivity index (χ2n) is 5.36. The zero-order chi connectivity index (χ0) is 13.8. The molecule has 1 amide bonds. The number of methoxy groups -OCH3 is 1. The standard InChI is InChI=1S/C12H22N2O4/c1-12(2,3)18-11(16)14-6-5-13-9(8-14)7-10(15)17-4/h9,13H,5-8H2,1-4H3/t9-/m1/s1. The number of rotatable bonds is 2. The molecule has 1 rings (SSSR count). The summed E-state index contributed by atoms with van der Waals surface area (Å²) in [5.41, 5.74) is -0.500. The van der Waals surface area contributed by atoms with Crippen molar-refractivity contribution in [2.75, 3.05) is 26.7 Å². The summed E-state index contributed by atoms with van der Waals surface area (Å²) in [6.07, 6.45) is -0.0747. The minimum Gasteiger partial charge on any atom is -0.469 e. The topological polar surface area (TPSA) is 67.9 Å². The van der Waals surface area contributed by atoms with E-state index in [2.05, 4.69) is 10.1 Å². The molecule has 0 spiro atoms. The van der Waals surface area contributed by atoms with E-state index in [9.17, 15) is 9.59 Å². The first-order valence-corrected chi connectivity index (χ1v) is 6.10. The number of esters is 1. The van der Waals surface area contributed by atoms with Gasteiger partial charge in [0.25, 0.3) is 0 Å². The maximum atomic E-state index is 11.9. The third-order valence-electron chi connectivity index (χ3n) is 2.55. The number of nitrogens with one attached hydrogen (secondary N) is 1. The van der Waals surface area contributed by atoms with Gasteiger partial charge in [-0.25, -0.2) is 4.79 Å². The monoisotopic (exact) mass is 258 g/mol. The van der Waals surface area contributed by atoms with Gasteiger partial charge in [0.05, 0.1) is 13.5 Å². The van der Waals surface area contributed by atoms with Crippen LogP contribution in [0, 0.1) is 0 Å². The normalized spacial score (nSPS) is 20.4. The number of hydrogen-bond donors (Lipinski definition) is 1. The number of amides is 1. The first kappa shape index (κ1) is 14.8. The predicted molar refractivity (Wildman–Crippen MR) is 66.2 cm³/mol. The lowest BCUT2D eigenvalue weighted by Crippen LogP contribution is -2.54. The molecular weight excluding hydrogens is 236 g/mol. The van der Waals surface area contributed by atoms with Gasteiger partial charge >= 0.3 is 12.1 Å². The van der Waals surface area contributed by atoms with Gasteiger partial charge in [-0.2, -0.15) is 0 Å². The van der Waals surface area contributed by atoms with E-state index in [1.165, 1.54) is 7.11 Å². The van der Waals surface area contributed by atoms with Crippen LogP contribution in [0.5, 0.6) is 0 Å². The highest BCUT2D eigenvalue weighted by Gasteiger charge is 2.28. The molecule has 6 nitrogen and oxygen atoms in total. The van der Waals surface area contributed by atoms with E-state index >= 15 is 0 Å². The van der Waals surface area contributed by atoms with Crippen molar-refractivity contribution in [3.63, 3.8) is 0 Å². The lowest BCUT2D eigenvalue weighted by molar-refractivity contribution is -0.141. The van der Waals surface area contributed by atoms with E-state index in [-0.39, 0.29) is 24.5 Å². The van der Waals surface area contributed by atoms with Crippen LogP contribution in [0.4, 0.5) is 4.79 Å². The van der Waals surface area contributed by atoms with E-state index in [1.54, 1.807) is 4.90 Å². The fourth-order valence-electron chi connectivity index (χ4n) is 1.74. The molecule has 0 saturated carbocycles. The molecule has 0 aromatic heterocycles. The first-order valence-electron chi connectivity index (χ1n) is 6.10. The number of carbonyl (C=O) groups excluding carboxylic acids is 2. The summed E-state index contributed by atoms with van der Waals surface area (Å²) in [7, 11) is 1.36. The van der Waals surface area contributed by atoms with Crippen LogP contribution >= 0.6 is 0 Å². The molecule has 1 fully saturated rings. The van der Waals surface area contributed by atoms with Crippen molar-refractivity contribution in [3.05, 3.63) is 0 Å². The van der Waals surface area contributed by atoms with Crippen LogP contribution in [-0.4, -0.2) is 55.3 Å². The lowest BCUT2D eigenvalue weighted by Gasteiger charge is -2.34. The molecule has 1 N–H and O–H groups in total. The van der Waals surface area contributed by atoms with Crippen molar-refractivity contribution < 1.29 is 19.1 Å². The molecule has 1 aliphatic rings. The molecule has 1 saturated heterocycles. The largest absolute Gasteiger partial charge is 0.469 e. The average Bonchev–Trinajstić information content (AvgIpc) is 2.27. The molecule has 1 aliphatic heterocycles. The predicted octanol–water partition coefficient (Wildman–Crippen LogP) is 0.758. The van der Waals surface area contributed by atoms with E-state index in [1.807, 2.05) is 20.8 Å². The summed E-state index contributed by atoms with van der Waals surface area (Å²) >= 11 is 0. The van der Waals surface area contributed by atoms with Crippen LogP contribution in [0.15, 0.2) is 0 Å². The summed E-state index contributed by atoms with van der Waals surface area (Å²) in [5, 5.41) is 3.18. The van der Waals surface area contributed by atoms with Gasteiger partial charge in [0, 0.05) is 25.7 Å². The van der Waals surface area contributed by atoms with Gasteiger partial charge in [-0.05, 0) is 20.8 Å². The molecule has 0 unspecified atom stereocenters. The highest BCUT2D eigenvalue weighted by atomic mass is 16.6. The Balaban J connectivity index is 2.48. The highest BCUT2D eigenvalue weighted by molar-refractivity contribution is 5.71. The molecule has 0 bridgehead atoms. The van der Waals surface area contributed by atoms with Gasteiger partial charge in [0.1, 0.15) is 5.60 Å². The van der Waals surface area contributed by atoms with E-state index in [4.69, 9.17) is 4.74 Å². The number of nitrogens with zero attached hydrogens (tertiary/aromatic N) is 1. The molecule has 104 valence electrons. The van der Waals surface area contributed by atoms with Crippen molar-refractivity contribution in [2.45, 2.75) is 38.8 Å². The van der Waals surface area contributed by atoms with E-state index in [0.29, 0.717) is 19.6 Å². The molecule has 0 radical (unpaired) electrons. The molecular formula is C12H22N2O4. The van der Waals surface area contributed by atoms with Crippen LogP contribution in [0.3, 0.4) is 0 Å². The maximum absolute atomic E-state index is 11.9. The molecule has 0 aromatic rings. The smallest absolute Gasteiger partial charge is 0.410 e. The summed E-state index contributed by atoms with van der Waals surface area (Å²) in [5.74, 6) is -0.279. The third kappa shape index (κ3) is 4.91. The second-order valence-corrected chi connectivity index (χ2v) is 5.36. The Bertz CT molecular complexity index is 312. The highest BCUT2D eigenvalue weighted by Crippen LogP contribution is 2.12. The molecule has 18 heavy (non-hydrogen) atoms. The summed E-state index contributed by atoms with van der Waals surface area (Å²) in [4.78, 5) is 24.7. The maximum Gasteiger partial charge on any atom is 0.410 e. The molecule has 6 heteroatoms. The number of hydrogen-bond acceptors (Lipinski definition) is 5. The number of piperazine rings is 1. The fourth-order valence-corrected chi connectivity index (χ4v) is 1.74. The average molecular weight is 258 g/mol. The molecule has 0 aromatic carbocycles. The van der Waals surface area contributed by atoms with Crippen molar-refractivity contribution in [1.29, 1.82) is 0 Å². The van der Waals surface area contributed by atoms with Crippen LogP contribution in [0.25, 0.3) is 0 Å². The quantitative estimate of drug-likeness (QED) is 0.741. The van der Waals surface area contributed by atoms with E-state index < -0.39 is 5.60 Å². The van der Waals surface area contributed by atoms with Crippen LogP contribution < -0.4 is 5.32 Å². The SMILES string of the molecule is COC(=O)C[C@@H]1CN(C(=O)OC(C)(C)C)CCN1. The Morgan fingerprint density at radius 3 is 2.61 bits per heavy atom. The van der Waals surface area contributed by atoms with Crippen molar-refractivity contribution in [1.82, 2.24) is 10.2 Å². The van der Waals surface area contributed by atoms with Gasteiger partial charge in [0.15, 0.2) is 0 Å². The van der Waals surface area contributed by atoms with E-state index in [0.717, 1.165) is 0 Å². The Labute approximate surface area is 108 Å². The van der Waals surface area contributed by atoms with Crippen molar-refractivity contribution >= 4 is 12.1 Å². The number of carbonyl (C=O) groups is 2. The summed E-state index contributed by atoms with van der Waals surface area (Å²) in [6, 6.07) is -0.0706. The van der Waals surface area contributed by atoms with Crippen LogP contribution in [0.1, 0.15) is 27.2 Å². The van der Waals surface area contributed by atoms with Crippen LogP contribution in [-0.2, 0) is 14.3 Å². The zero-order valence-electron chi connectivity index (χ0n) is 11.5. The molecule has 1 atom stereocenters. The Morgan fingerprint density at radius 1 is 1.39 bits per heavy atom. The second kappa shape index (κ2) is 6.04. The third-order valence-corrected chi connectivity index (χ3v) is 2.55. The van der Waals surface area contributed by atoms with Gasteiger partial charge < -0.3 is 19.7 Å². The van der Waals surface area contributed by atoms with Crippen LogP contribution in [0.2, 0.25) is 0 Å². The minimum absolute atomic E-state index is 0.0706. The fraction of sp³-hybridized carbons (Fsp3) is 0.833. The van der Waals surface area contributed by atoms with Gasteiger partial charge in [0.2, 0.25) is 0 Å². The Morgan fingerprint density at radius 2 is 2.06 bits per heavy atom. The Kier molecular flexibility index (Phi) is 4.95. The molecule has 0 aliphatic carbocycles. The zero-order valence-corrected chi connectivity index (χ0v) is 11.5. The van der Waals surface area contributed by atoms with Crippen molar-refractivity contribution in [2.24, 2.45) is 0 Å². The first-order chi connectivity index (χ1) is 8.31. The van der Waals surface area contributed by atoms with Gasteiger partial charge in [-0.3, -0.25) is 4.79 Å². The van der Waals surface area contributed by atoms with Crippen molar-refractivity contribution in [3.8, 4) is 0 Å².